The fourth-order valence-corrected chi connectivity index (χ4v) is 0.791. The third kappa shape index (κ3) is 1.88. The summed E-state index contributed by atoms with van der Waals surface area (Å²) in [5.74, 6) is 2.67. The lowest BCUT2D eigenvalue weighted by Gasteiger charge is -1.87. The fourth-order valence-electron chi connectivity index (χ4n) is 0.434. The first-order valence-electron chi connectivity index (χ1n) is 2.49. The molecule has 0 fully saturated rings. The van der Waals surface area contributed by atoms with Crippen LogP contribution in [0.3, 0.4) is 0 Å². The lowest BCUT2D eigenvalue weighted by Crippen LogP contribution is -1.66. The summed E-state index contributed by atoms with van der Waals surface area (Å²) in [6.45, 7) is 0. The Balaban J connectivity index is 2.78. The van der Waals surface area contributed by atoms with Gasteiger partial charge in [-0.3, -0.25) is 0 Å². The van der Waals surface area contributed by atoms with E-state index >= 15 is 0 Å². The van der Waals surface area contributed by atoms with Gasteiger partial charge in [-0.2, -0.15) is 4.99 Å². The van der Waals surface area contributed by atoms with Gasteiger partial charge < -0.3 is 0 Å². The summed E-state index contributed by atoms with van der Waals surface area (Å²) in [6.07, 6.45) is 7.09. The van der Waals surface area contributed by atoms with Crippen molar-refractivity contribution in [2.45, 2.75) is 0 Å². The van der Waals surface area contributed by atoms with Gasteiger partial charge in [0.05, 0.1) is 5.03 Å². The van der Waals surface area contributed by atoms with E-state index in [2.05, 4.69) is 15.9 Å². The first kappa shape index (κ1) is 6.33. The first-order chi connectivity index (χ1) is 4.43. The van der Waals surface area contributed by atoms with Crippen molar-refractivity contribution in [3.8, 4) is 0 Å². The van der Waals surface area contributed by atoms with Gasteiger partial charge in [0, 0.05) is 6.08 Å². The van der Waals surface area contributed by atoms with E-state index in [1.807, 2.05) is 12.3 Å². The number of aliphatic imine (C=N–C) groups is 2. The molecule has 0 aromatic rings. The monoisotopic (exact) mass is 138 g/mol. The number of allylic oxidation sites excluding steroid dienone is 2. The quantitative estimate of drug-likeness (QED) is 0.538. The Bertz CT molecular complexity index is 209. The van der Waals surface area contributed by atoms with Crippen LogP contribution in [-0.4, -0.2) is 18.5 Å². The van der Waals surface area contributed by atoms with Crippen molar-refractivity contribution in [3.63, 3.8) is 0 Å². The maximum atomic E-state index is 3.98. The number of rotatable bonds is 1. The third-order valence-electron chi connectivity index (χ3n) is 0.827. The summed E-state index contributed by atoms with van der Waals surface area (Å²) >= 11 is 1.59. The van der Waals surface area contributed by atoms with Gasteiger partial charge in [-0.15, -0.1) is 11.8 Å². The molecule has 0 bridgehead atoms. The Kier molecular flexibility index (Phi) is 2.31. The molecule has 9 heavy (non-hydrogen) atoms. The Labute approximate surface area is 58.1 Å². The molecule has 0 saturated heterocycles. The maximum Gasteiger partial charge on any atom is 0.126 e. The highest BCUT2D eigenvalue weighted by atomic mass is 32.2. The Morgan fingerprint density at radius 2 is 2.56 bits per heavy atom. The zero-order chi connectivity index (χ0) is 6.53. The number of nitrogens with zero attached hydrogens (tertiary/aromatic N) is 2. The summed E-state index contributed by atoms with van der Waals surface area (Å²) in [5, 5.41) is 0.962. The van der Waals surface area contributed by atoms with Crippen molar-refractivity contribution in [2.24, 2.45) is 9.98 Å². The molecule has 3 heteroatoms. The molecule has 0 spiro atoms. The normalized spacial score (nSPS) is 15.4. The summed E-state index contributed by atoms with van der Waals surface area (Å²) in [4.78, 5) is 7.69. The van der Waals surface area contributed by atoms with Gasteiger partial charge >= 0.3 is 0 Å². The molecule has 0 unspecified atom stereocenters. The zero-order valence-electron chi connectivity index (χ0n) is 5.03. The molecule has 0 N–H and O–H groups in total. The van der Waals surface area contributed by atoms with Gasteiger partial charge in [0.2, 0.25) is 0 Å². The van der Waals surface area contributed by atoms with Gasteiger partial charge in [-0.05, 0) is 18.2 Å². The summed E-state index contributed by atoms with van der Waals surface area (Å²) in [7, 11) is 0. The van der Waals surface area contributed by atoms with Crippen molar-refractivity contribution in [3.05, 3.63) is 17.2 Å². The number of thioether (sulfide) groups is 1. The molecule has 46 valence electrons. The Hall–Kier alpha value is -0.790. The van der Waals surface area contributed by atoms with Crippen LogP contribution in [0.15, 0.2) is 27.2 Å². The van der Waals surface area contributed by atoms with Crippen LogP contribution in [0.1, 0.15) is 0 Å². The molecular formula is C6H6N2S. The molecule has 1 rings (SSSR count). The van der Waals surface area contributed by atoms with E-state index in [-0.39, 0.29) is 0 Å². The van der Waals surface area contributed by atoms with E-state index in [4.69, 9.17) is 0 Å². The highest BCUT2D eigenvalue weighted by Crippen LogP contribution is 2.12. The lowest BCUT2D eigenvalue weighted by molar-refractivity contribution is 1.53. The summed E-state index contributed by atoms with van der Waals surface area (Å²) in [6, 6.07) is 0. The summed E-state index contributed by atoms with van der Waals surface area (Å²) < 4.78 is 0. The fraction of sp³-hybridized carbons (Fsp3) is 0.167. The van der Waals surface area contributed by atoms with Crippen LogP contribution in [0.4, 0.5) is 0 Å². The third-order valence-corrected chi connectivity index (χ3v) is 1.49. The van der Waals surface area contributed by atoms with Crippen molar-refractivity contribution in [2.75, 3.05) is 6.26 Å². The molecule has 0 radical (unpaired) electrons. The van der Waals surface area contributed by atoms with Crippen LogP contribution in [-0.2, 0) is 0 Å². The molecule has 0 aromatic heterocycles. The van der Waals surface area contributed by atoms with Crippen molar-refractivity contribution >= 4 is 24.0 Å². The molecule has 0 amide bonds. The average molecular weight is 138 g/mol. The largest absolute Gasteiger partial charge is 0.229 e. The molecule has 1 aliphatic heterocycles. The van der Waals surface area contributed by atoms with E-state index in [0.29, 0.717) is 0 Å². The Morgan fingerprint density at radius 3 is 3.33 bits per heavy atom. The smallest absolute Gasteiger partial charge is 0.126 e. The van der Waals surface area contributed by atoms with E-state index in [1.165, 1.54) is 6.34 Å². The van der Waals surface area contributed by atoms with Crippen LogP contribution in [0.5, 0.6) is 0 Å². The maximum absolute atomic E-state index is 3.98. The van der Waals surface area contributed by atoms with Crippen LogP contribution >= 0.6 is 11.8 Å². The minimum absolute atomic E-state index is 0.962. The Morgan fingerprint density at radius 1 is 1.67 bits per heavy atom. The lowest BCUT2D eigenvalue weighted by atomic mass is 10.6. The molecule has 2 nitrogen and oxygen atoms in total. The standard InChI is InChI=1S/C6H6N2S/c1-9-6-3-2-4-7-5-8-6/h2-3,5H,1H3. The highest BCUT2D eigenvalue weighted by molar-refractivity contribution is 8.02. The van der Waals surface area contributed by atoms with Crippen LogP contribution in [0.2, 0.25) is 0 Å². The first-order valence-corrected chi connectivity index (χ1v) is 3.71. The van der Waals surface area contributed by atoms with Crippen LogP contribution in [0.25, 0.3) is 0 Å². The van der Waals surface area contributed by atoms with Crippen molar-refractivity contribution < 1.29 is 0 Å². The van der Waals surface area contributed by atoms with Crippen LogP contribution < -0.4 is 0 Å². The predicted octanol–water partition coefficient (Wildman–Crippen LogP) is 1.46. The summed E-state index contributed by atoms with van der Waals surface area (Å²) in [5.41, 5.74) is 0. The molecule has 0 aromatic carbocycles. The van der Waals surface area contributed by atoms with Gasteiger partial charge in [-0.25, -0.2) is 4.99 Å². The molecule has 0 aliphatic carbocycles. The van der Waals surface area contributed by atoms with E-state index in [0.717, 1.165) is 5.03 Å². The average Bonchev–Trinajstić information content (AvgIpc) is 2.13. The van der Waals surface area contributed by atoms with E-state index in [1.54, 1.807) is 17.8 Å². The van der Waals surface area contributed by atoms with Gasteiger partial charge in [0.15, 0.2) is 0 Å². The van der Waals surface area contributed by atoms with E-state index < -0.39 is 0 Å². The number of hydrogen-bond acceptors (Lipinski definition) is 3. The topological polar surface area (TPSA) is 24.7 Å². The highest BCUT2D eigenvalue weighted by Gasteiger charge is 1.86. The molecule has 0 saturated carbocycles. The molecular weight excluding hydrogens is 132 g/mol. The second-order valence-electron chi connectivity index (χ2n) is 1.38. The van der Waals surface area contributed by atoms with E-state index in [9.17, 15) is 0 Å². The molecule has 1 aliphatic rings. The van der Waals surface area contributed by atoms with Gasteiger partial charge in [-0.1, -0.05) is 0 Å². The second-order valence-corrected chi connectivity index (χ2v) is 2.20. The predicted molar refractivity (Wildman–Crippen MR) is 42.1 cm³/mol. The zero-order valence-corrected chi connectivity index (χ0v) is 5.85. The number of hydrogen-bond donors (Lipinski definition) is 0. The minimum atomic E-state index is 0.962. The molecule has 1 heterocycles. The van der Waals surface area contributed by atoms with Crippen molar-refractivity contribution in [1.29, 1.82) is 0 Å². The second kappa shape index (κ2) is 3.28. The molecule has 0 atom stereocenters. The SMILES string of the molecule is CSC1=CC=C=NC=N1. The minimum Gasteiger partial charge on any atom is -0.229 e. The van der Waals surface area contributed by atoms with Gasteiger partial charge in [0.1, 0.15) is 6.34 Å². The van der Waals surface area contributed by atoms with Crippen molar-refractivity contribution in [1.82, 2.24) is 0 Å². The van der Waals surface area contributed by atoms with Crippen LogP contribution in [0, 0.1) is 0 Å². The van der Waals surface area contributed by atoms with Gasteiger partial charge in [0.25, 0.3) is 0 Å².